The zero-order valence-corrected chi connectivity index (χ0v) is 9.68. The average Bonchev–Trinajstić information content (AvgIpc) is 2.42. The van der Waals surface area contributed by atoms with Crippen LogP contribution in [0.1, 0.15) is 11.1 Å². The van der Waals surface area contributed by atoms with Crippen LogP contribution in [-0.4, -0.2) is 4.98 Å². The number of aromatic nitrogens is 1. The maximum atomic E-state index is 13.0. The standard InChI is InChI=1S/C13H8FN5/c14-10-1-2-12(8(3-10)5-15)19-13-9(6-16)4-11(17)7-18-13/h1-4,7H,17H2,(H,18,19). The summed E-state index contributed by atoms with van der Waals surface area (Å²) in [5.41, 5.74) is 6.64. The third-order valence-corrected chi connectivity index (χ3v) is 2.38. The lowest BCUT2D eigenvalue weighted by Crippen LogP contribution is -2.00. The van der Waals surface area contributed by atoms with Gasteiger partial charge in [-0.05, 0) is 24.3 Å². The van der Waals surface area contributed by atoms with E-state index >= 15 is 0 Å². The Bertz CT molecular complexity index is 650. The van der Waals surface area contributed by atoms with E-state index in [1.807, 2.05) is 12.1 Å². The zero-order valence-electron chi connectivity index (χ0n) is 9.68. The summed E-state index contributed by atoms with van der Waals surface area (Å²) in [6.45, 7) is 0. The summed E-state index contributed by atoms with van der Waals surface area (Å²) < 4.78 is 13.0. The molecule has 6 heteroatoms. The number of nitriles is 2. The van der Waals surface area contributed by atoms with Crippen LogP contribution >= 0.6 is 0 Å². The van der Waals surface area contributed by atoms with Gasteiger partial charge in [-0.1, -0.05) is 0 Å². The molecular formula is C13H8FN5. The highest BCUT2D eigenvalue weighted by molar-refractivity contribution is 5.69. The lowest BCUT2D eigenvalue weighted by atomic mass is 10.1. The van der Waals surface area contributed by atoms with Crippen LogP contribution in [0.4, 0.5) is 21.6 Å². The number of hydrogen-bond donors (Lipinski definition) is 2. The Morgan fingerprint density at radius 3 is 2.58 bits per heavy atom. The van der Waals surface area contributed by atoms with Crippen LogP contribution < -0.4 is 11.1 Å². The fraction of sp³-hybridized carbons (Fsp3) is 0. The number of halogens is 1. The van der Waals surface area contributed by atoms with Crippen LogP contribution in [0.15, 0.2) is 30.5 Å². The van der Waals surface area contributed by atoms with Crippen molar-refractivity contribution < 1.29 is 4.39 Å². The molecule has 2 aromatic rings. The Balaban J connectivity index is 2.43. The molecule has 1 heterocycles. The lowest BCUT2D eigenvalue weighted by Gasteiger charge is -2.09. The first-order chi connectivity index (χ1) is 9.13. The summed E-state index contributed by atoms with van der Waals surface area (Å²) in [5, 5.41) is 20.7. The van der Waals surface area contributed by atoms with Gasteiger partial charge in [-0.25, -0.2) is 9.37 Å². The lowest BCUT2D eigenvalue weighted by molar-refractivity contribution is 0.627. The smallest absolute Gasteiger partial charge is 0.148 e. The van der Waals surface area contributed by atoms with E-state index in [9.17, 15) is 4.39 Å². The second kappa shape index (κ2) is 5.03. The van der Waals surface area contributed by atoms with Crippen molar-refractivity contribution in [1.29, 1.82) is 10.5 Å². The van der Waals surface area contributed by atoms with E-state index in [2.05, 4.69) is 10.3 Å². The molecule has 1 aromatic carbocycles. The number of pyridine rings is 1. The number of benzene rings is 1. The number of nitrogens with one attached hydrogen (secondary N) is 1. The van der Waals surface area contributed by atoms with Gasteiger partial charge in [0.05, 0.1) is 28.7 Å². The summed E-state index contributed by atoms with van der Waals surface area (Å²) in [7, 11) is 0. The van der Waals surface area contributed by atoms with Crippen LogP contribution in [-0.2, 0) is 0 Å². The second-order valence-corrected chi connectivity index (χ2v) is 3.70. The maximum Gasteiger partial charge on any atom is 0.148 e. The van der Waals surface area contributed by atoms with E-state index in [-0.39, 0.29) is 16.9 Å². The molecule has 3 N–H and O–H groups in total. The number of nitrogens with zero attached hydrogens (tertiary/aromatic N) is 3. The zero-order chi connectivity index (χ0) is 13.8. The van der Waals surface area contributed by atoms with Crippen molar-refractivity contribution in [2.24, 2.45) is 0 Å². The number of hydrogen-bond acceptors (Lipinski definition) is 5. The van der Waals surface area contributed by atoms with Gasteiger partial charge in [-0.15, -0.1) is 0 Å². The van der Waals surface area contributed by atoms with Gasteiger partial charge < -0.3 is 11.1 Å². The third kappa shape index (κ3) is 2.59. The normalized spacial score (nSPS) is 9.42. The van der Waals surface area contributed by atoms with Gasteiger partial charge in [-0.2, -0.15) is 10.5 Å². The van der Waals surface area contributed by atoms with Crippen molar-refractivity contribution in [3.05, 3.63) is 47.4 Å². The Morgan fingerprint density at radius 1 is 1.16 bits per heavy atom. The van der Waals surface area contributed by atoms with Crippen LogP contribution in [0.2, 0.25) is 0 Å². The van der Waals surface area contributed by atoms with Gasteiger partial charge >= 0.3 is 0 Å². The summed E-state index contributed by atoms with van der Waals surface area (Å²) in [5.74, 6) is -0.243. The average molecular weight is 253 g/mol. The highest BCUT2D eigenvalue weighted by atomic mass is 19.1. The SMILES string of the molecule is N#Cc1cc(F)ccc1Nc1ncc(N)cc1C#N. The summed E-state index contributed by atoms with van der Waals surface area (Å²) in [6, 6.07) is 9.00. The first-order valence-electron chi connectivity index (χ1n) is 5.26. The fourth-order valence-electron chi connectivity index (χ4n) is 1.51. The summed E-state index contributed by atoms with van der Waals surface area (Å²) in [4.78, 5) is 3.98. The Labute approximate surface area is 108 Å². The fourth-order valence-corrected chi connectivity index (χ4v) is 1.51. The quantitative estimate of drug-likeness (QED) is 0.855. The van der Waals surface area contributed by atoms with Crippen LogP contribution in [0.3, 0.4) is 0 Å². The molecule has 0 bridgehead atoms. The number of nitrogen functional groups attached to an aromatic ring is 1. The molecule has 1 aromatic heterocycles. The predicted octanol–water partition coefficient (Wildman–Crippen LogP) is 2.29. The molecule has 0 aliphatic rings. The number of nitrogens with two attached hydrogens (primary N) is 1. The van der Waals surface area contributed by atoms with Crippen molar-refractivity contribution in [3.8, 4) is 12.1 Å². The Morgan fingerprint density at radius 2 is 1.89 bits per heavy atom. The van der Waals surface area contributed by atoms with Gasteiger partial charge in [0.2, 0.25) is 0 Å². The molecule has 0 unspecified atom stereocenters. The maximum absolute atomic E-state index is 13.0. The molecule has 0 aliphatic heterocycles. The molecule has 0 fully saturated rings. The number of anilines is 3. The largest absolute Gasteiger partial charge is 0.397 e. The third-order valence-electron chi connectivity index (χ3n) is 2.38. The van der Waals surface area contributed by atoms with Gasteiger partial charge in [0.25, 0.3) is 0 Å². The number of rotatable bonds is 2. The first kappa shape index (κ1) is 12.3. The van der Waals surface area contributed by atoms with Crippen molar-refractivity contribution in [3.63, 3.8) is 0 Å². The molecule has 0 atom stereocenters. The van der Waals surface area contributed by atoms with Gasteiger partial charge in [0.15, 0.2) is 0 Å². The molecule has 92 valence electrons. The highest BCUT2D eigenvalue weighted by Crippen LogP contribution is 2.23. The van der Waals surface area contributed by atoms with Crippen molar-refractivity contribution >= 4 is 17.2 Å². The molecule has 19 heavy (non-hydrogen) atoms. The van der Waals surface area contributed by atoms with Crippen molar-refractivity contribution in [2.75, 3.05) is 11.1 Å². The topological polar surface area (TPSA) is 98.5 Å². The predicted molar refractivity (Wildman–Crippen MR) is 67.8 cm³/mol. The minimum absolute atomic E-state index is 0.127. The van der Waals surface area contributed by atoms with E-state index in [4.69, 9.17) is 16.3 Å². The molecule has 0 amide bonds. The minimum atomic E-state index is -0.507. The van der Waals surface area contributed by atoms with Gasteiger partial charge in [-0.3, -0.25) is 0 Å². The minimum Gasteiger partial charge on any atom is -0.397 e. The summed E-state index contributed by atoms with van der Waals surface area (Å²) >= 11 is 0. The monoisotopic (exact) mass is 253 g/mol. The van der Waals surface area contributed by atoms with E-state index in [1.54, 1.807) is 0 Å². The highest BCUT2D eigenvalue weighted by Gasteiger charge is 2.08. The molecule has 2 rings (SSSR count). The first-order valence-corrected chi connectivity index (χ1v) is 5.26. The van der Waals surface area contributed by atoms with Crippen LogP contribution in [0, 0.1) is 28.5 Å². The molecular weight excluding hydrogens is 245 g/mol. The molecule has 0 saturated heterocycles. The molecule has 5 nitrogen and oxygen atoms in total. The van der Waals surface area contributed by atoms with Crippen molar-refractivity contribution in [2.45, 2.75) is 0 Å². The van der Waals surface area contributed by atoms with Crippen molar-refractivity contribution in [1.82, 2.24) is 4.98 Å². The molecule has 0 saturated carbocycles. The van der Waals surface area contributed by atoms with Gasteiger partial charge in [0.1, 0.15) is 23.8 Å². The van der Waals surface area contributed by atoms with E-state index in [1.165, 1.54) is 24.4 Å². The second-order valence-electron chi connectivity index (χ2n) is 3.70. The molecule has 0 radical (unpaired) electrons. The van der Waals surface area contributed by atoms with E-state index in [0.717, 1.165) is 6.07 Å². The van der Waals surface area contributed by atoms with Crippen LogP contribution in [0.25, 0.3) is 0 Å². The Hall–Kier alpha value is -3.12. The Kier molecular flexibility index (Phi) is 3.26. The van der Waals surface area contributed by atoms with Gasteiger partial charge in [0, 0.05) is 0 Å². The molecule has 0 aliphatic carbocycles. The van der Waals surface area contributed by atoms with E-state index < -0.39 is 5.82 Å². The van der Waals surface area contributed by atoms with E-state index in [0.29, 0.717) is 11.4 Å². The molecule has 0 spiro atoms. The summed E-state index contributed by atoms with van der Waals surface area (Å²) in [6.07, 6.45) is 1.39. The van der Waals surface area contributed by atoms with Crippen LogP contribution in [0.5, 0.6) is 0 Å².